The molecule has 2 aromatic rings. The Labute approximate surface area is 120 Å². The summed E-state index contributed by atoms with van der Waals surface area (Å²) < 4.78 is 13.5. The quantitative estimate of drug-likeness (QED) is 0.861. The van der Waals surface area contributed by atoms with Gasteiger partial charge in [-0.2, -0.15) is 0 Å². The normalized spacial score (nSPS) is 18.4. The molecule has 1 unspecified atom stereocenters. The van der Waals surface area contributed by atoms with E-state index < -0.39 is 5.82 Å². The van der Waals surface area contributed by atoms with E-state index in [1.165, 1.54) is 17.0 Å². The standard InChI is InChI=1S/C15H15FN2OS/c16-11-9-10(5-6-12(11)17)15(19)18-7-1-3-13(18)14-4-2-8-20-14/h2,4-6,8-9,13H,1,3,7,17H2. The highest BCUT2D eigenvalue weighted by molar-refractivity contribution is 7.10. The second kappa shape index (κ2) is 5.25. The van der Waals surface area contributed by atoms with Crippen molar-refractivity contribution >= 4 is 22.9 Å². The maximum absolute atomic E-state index is 13.5. The topological polar surface area (TPSA) is 46.3 Å². The van der Waals surface area contributed by atoms with Gasteiger partial charge < -0.3 is 10.6 Å². The molecule has 1 atom stereocenters. The molecule has 0 spiro atoms. The molecule has 3 rings (SSSR count). The molecule has 0 aliphatic carbocycles. The van der Waals surface area contributed by atoms with Crippen molar-refractivity contribution in [2.75, 3.05) is 12.3 Å². The molecule has 1 fully saturated rings. The number of hydrogen-bond donors (Lipinski definition) is 1. The number of likely N-dealkylation sites (tertiary alicyclic amines) is 1. The summed E-state index contributed by atoms with van der Waals surface area (Å²) in [5.74, 6) is -0.664. The molecule has 1 aliphatic heterocycles. The summed E-state index contributed by atoms with van der Waals surface area (Å²) in [4.78, 5) is 15.6. The largest absolute Gasteiger partial charge is 0.396 e. The molecule has 1 aromatic carbocycles. The first-order chi connectivity index (χ1) is 9.66. The summed E-state index contributed by atoms with van der Waals surface area (Å²) in [7, 11) is 0. The molecule has 2 N–H and O–H groups in total. The van der Waals surface area contributed by atoms with Gasteiger partial charge >= 0.3 is 0 Å². The molecule has 1 aromatic heterocycles. The highest BCUT2D eigenvalue weighted by atomic mass is 32.1. The lowest BCUT2D eigenvalue weighted by Crippen LogP contribution is -2.30. The van der Waals surface area contributed by atoms with E-state index in [9.17, 15) is 9.18 Å². The van der Waals surface area contributed by atoms with Crippen LogP contribution >= 0.6 is 11.3 Å². The predicted molar refractivity (Wildman–Crippen MR) is 78.1 cm³/mol. The molecule has 0 bridgehead atoms. The zero-order chi connectivity index (χ0) is 14.1. The number of rotatable bonds is 2. The molecule has 0 saturated carbocycles. The average Bonchev–Trinajstić information content (AvgIpc) is 3.10. The van der Waals surface area contributed by atoms with Gasteiger partial charge in [0.1, 0.15) is 5.82 Å². The van der Waals surface area contributed by atoms with E-state index >= 15 is 0 Å². The van der Waals surface area contributed by atoms with Crippen molar-refractivity contribution < 1.29 is 9.18 Å². The number of thiophene rings is 1. The van der Waals surface area contributed by atoms with Crippen LogP contribution in [0.5, 0.6) is 0 Å². The lowest BCUT2D eigenvalue weighted by Gasteiger charge is -2.24. The van der Waals surface area contributed by atoms with Gasteiger partial charge in [-0.3, -0.25) is 4.79 Å². The summed E-state index contributed by atoms with van der Waals surface area (Å²) >= 11 is 1.65. The van der Waals surface area contributed by atoms with Gasteiger partial charge in [-0.1, -0.05) is 6.07 Å². The van der Waals surface area contributed by atoms with E-state index in [1.807, 2.05) is 22.4 Å². The van der Waals surface area contributed by atoms with Crippen molar-refractivity contribution in [1.29, 1.82) is 0 Å². The number of amides is 1. The molecule has 104 valence electrons. The van der Waals surface area contributed by atoms with Crippen molar-refractivity contribution in [3.8, 4) is 0 Å². The van der Waals surface area contributed by atoms with E-state index in [0.29, 0.717) is 12.1 Å². The average molecular weight is 290 g/mol. The monoisotopic (exact) mass is 290 g/mol. The summed E-state index contributed by atoms with van der Waals surface area (Å²) in [5, 5.41) is 2.01. The fraction of sp³-hybridized carbons (Fsp3) is 0.267. The number of halogens is 1. The smallest absolute Gasteiger partial charge is 0.254 e. The van der Waals surface area contributed by atoms with Gasteiger partial charge in [0, 0.05) is 17.0 Å². The van der Waals surface area contributed by atoms with Crippen LogP contribution in [-0.2, 0) is 0 Å². The first kappa shape index (κ1) is 13.1. The van der Waals surface area contributed by atoms with E-state index in [0.717, 1.165) is 12.8 Å². The Morgan fingerprint density at radius 2 is 2.25 bits per heavy atom. The summed E-state index contributed by atoms with van der Waals surface area (Å²) in [6.07, 6.45) is 1.94. The van der Waals surface area contributed by atoms with E-state index in [-0.39, 0.29) is 17.6 Å². The van der Waals surface area contributed by atoms with Crippen molar-refractivity contribution in [3.05, 3.63) is 52.0 Å². The van der Waals surface area contributed by atoms with Crippen LogP contribution in [0, 0.1) is 5.82 Å². The predicted octanol–water partition coefficient (Wildman–Crippen LogP) is 3.45. The van der Waals surface area contributed by atoms with Gasteiger partial charge in [-0.15, -0.1) is 11.3 Å². The number of nitrogens with zero attached hydrogens (tertiary/aromatic N) is 1. The summed E-state index contributed by atoms with van der Waals surface area (Å²) in [6, 6.07) is 8.40. The van der Waals surface area contributed by atoms with Gasteiger partial charge in [-0.05, 0) is 42.5 Å². The number of carbonyl (C=O) groups excluding carboxylic acids is 1. The second-order valence-corrected chi connectivity index (χ2v) is 5.89. The highest BCUT2D eigenvalue weighted by Crippen LogP contribution is 2.35. The Morgan fingerprint density at radius 3 is 2.95 bits per heavy atom. The maximum atomic E-state index is 13.5. The Kier molecular flexibility index (Phi) is 3.44. The molecule has 3 nitrogen and oxygen atoms in total. The number of anilines is 1. The Hall–Kier alpha value is -1.88. The summed E-state index contributed by atoms with van der Waals surface area (Å²) in [6.45, 7) is 0.716. The highest BCUT2D eigenvalue weighted by Gasteiger charge is 2.31. The van der Waals surface area contributed by atoms with Crippen molar-refractivity contribution in [2.24, 2.45) is 0 Å². The van der Waals surface area contributed by atoms with Crippen molar-refractivity contribution in [3.63, 3.8) is 0 Å². The number of carbonyl (C=O) groups is 1. The molecule has 0 radical (unpaired) electrons. The molecular weight excluding hydrogens is 275 g/mol. The first-order valence-corrected chi connectivity index (χ1v) is 7.44. The van der Waals surface area contributed by atoms with Crippen molar-refractivity contribution in [1.82, 2.24) is 4.90 Å². The maximum Gasteiger partial charge on any atom is 0.254 e. The number of hydrogen-bond acceptors (Lipinski definition) is 3. The van der Waals surface area contributed by atoms with Crippen LogP contribution < -0.4 is 5.73 Å². The molecule has 20 heavy (non-hydrogen) atoms. The van der Waals surface area contributed by atoms with Crippen LogP contribution in [0.2, 0.25) is 0 Å². The van der Waals surface area contributed by atoms with E-state index in [4.69, 9.17) is 5.73 Å². The van der Waals surface area contributed by atoms with Gasteiger partial charge in [0.15, 0.2) is 0 Å². The van der Waals surface area contributed by atoms with E-state index in [1.54, 1.807) is 17.4 Å². The van der Waals surface area contributed by atoms with Crippen LogP contribution in [0.15, 0.2) is 35.7 Å². The van der Waals surface area contributed by atoms with Crippen LogP contribution in [-0.4, -0.2) is 17.4 Å². The molecule has 1 amide bonds. The van der Waals surface area contributed by atoms with Gasteiger partial charge in [0.25, 0.3) is 5.91 Å². The Bertz CT molecular complexity index is 627. The fourth-order valence-corrected chi connectivity index (χ4v) is 3.49. The van der Waals surface area contributed by atoms with Gasteiger partial charge in [0.05, 0.1) is 11.7 Å². The third kappa shape index (κ3) is 2.29. The molecule has 1 saturated heterocycles. The minimum absolute atomic E-state index is 0.0674. The van der Waals surface area contributed by atoms with Crippen LogP contribution in [0.4, 0.5) is 10.1 Å². The Balaban J connectivity index is 1.87. The van der Waals surface area contributed by atoms with Crippen LogP contribution in [0.3, 0.4) is 0 Å². The van der Waals surface area contributed by atoms with E-state index in [2.05, 4.69) is 0 Å². The third-order valence-corrected chi connectivity index (χ3v) is 4.61. The lowest BCUT2D eigenvalue weighted by molar-refractivity contribution is 0.0737. The Morgan fingerprint density at radius 1 is 1.40 bits per heavy atom. The van der Waals surface area contributed by atoms with Crippen molar-refractivity contribution in [2.45, 2.75) is 18.9 Å². The number of nitrogens with two attached hydrogens (primary N) is 1. The minimum Gasteiger partial charge on any atom is -0.396 e. The third-order valence-electron chi connectivity index (χ3n) is 3.63. The number of nitrogen functional groups attached to an aromatic ring is 1. The zero-order valence-corrected chi connectivity index (χ0v) is 11.7. The SMILES string of the molecule is Nc1ccc(C(=O)N2CCCC2c2cccs2)cc1F. The molecule has 1 aliphatic rings. The van der Waals surface area contributed by atoms with Gasteiger partial charge in [0.2, 0.25) is 0 Å². The van der Waals surface area contributed by atoms with Crippen LogP contribution in [0.1, 0.15) is 34.1 Å². The zero-order valence-electron chi connectivity index (χ0n) is 10.9. The minimum atomic E-state index is -0.539. The second-order valence-electron chi connectivity index (χ2n) is 4.91. The lowest BCUT2D eigenvalue weighted by atomic mass is 10.1. The first-order valence-electron chi connectivity index (χ1n) is 6.56. The fourth-order valence-electron chi connectivity index (χ4n) is 2.61. The van der Waals surface area contributed by atoms with Crippen LogP contribution in [0.25, 0.3) is 0 Å². The molecular formula is C15H15FN2OS. The molecule has 2 heterocycles. The number of benzene rings is 1. The van der Waals surface area contributed by atoms with Gasteiger partial charge in [-0.25, -0.2) is 4.39 Å². The molecule has 5 heteroatoms. The summed E-state index contributed by atoms with van der Waals surface area (Å²) in [5.41, 5.74) is 5.88.